The van der Waals surface area contributed by atoms with Crippen LogP contribution in [0.4, 0.5) is 0 Å². The minimum absolute atomic E-state index is 0.00146. The maximum absolute atomic E-state index is 9.77. The van der Waals surface area contributed by atoms with Gasteiger partial charge in [0.25, 0.3) is 5.88 Å². The number of ether oxygens (including phenoxy) is 1. The van der Waals surface area contributed by atoms with Crippen LogP contribution in [0, 0.1) is 0 Å². The Morgan fingerprint density at radius 1 is 1.17 bits per heavy atom. The van der Waals surface area contributed by atoms with Gasteiger partial charge in [0.1, 0.15) is 6.61 Å². The van der Waals surface area contributed by atoms with Crippen molar-refractivity contribution in [3.05, 3.63) is 60.4 Å². The van der Waals surface area contributed by atoms with Gasteiger partial charge >= 0.3 is 11.9 Å². The SMILES string of the molecule is C=C[C@@H](c1cc(OCc2ccccc2)no1)N(C)C.O=C(O)[C@H](O)[C@@H](O)C(=O)O. The second-order valence-electron chi connectivity index (χ2n) is 6.05. The molecule has 29 heavy (non-hydrogen) atoms. The Morgan fingerprint density at radius 3 is 2.17 bits per heavy atom. The van der Waals surface area contributed by atoms with Crippen LogP contribution < -0.4 is 4.74 Å². The molecule has 0 amide bonds. The molecule has 0 saturated carbocycles. The molecule has 158 valence electrons. The van der Waals surface area contributed by atoms with Gasteiger partial charge in [0.15, 0.2) is 18.0 Å². The standard InChI is InChI=1S/C15H18N2O2.C4H6O6/c1-4-13(17(2)3)14-10-15(16-19-14)18-11-12-8-6-5-7-9-12;5-1(3(7)8)2(6)4(9)10/h4-10,13H,1,11H2,2-3H3;1-2,5-6H,(H,7,8)(H,9,10)/t13-;1-,2-/m01/s1. The van der Waals surface area contributed by atoms with E-state index in [2.05, 4.69) is 11.7 Å². The summed E-state index contributed by atoms with van der Waals surface area (Å²) < 4.78 is 10.9. The zero-order valence-electron chi connectivity index (χ0n) is 16.0. The minimum atomic E-state index is -2.27. The van der Waals surface area contributed by atoms with Crippen LogP contribution in [0.25, 0.3) is 0 Å². The summed E-state index contributed by atoms with van der Waals surface area (Å²) in [6.07, 6.45) is -2.73. The number of hydrogen-bond acceptors (Lipinski definition) is 8. The fourth-order valence-electron chi connectivity index (χ4n) is 2.06. The highest BCUT2D eigenvalue weighted by Crippen LogP contribution is 2.23. The van der Waals surface area contributed by atoms with Crippen molar-refractivity contribution in [2.75, 3.05) is 14.1 Å². The molecule has 0 bridgehead atoms. The quantitative estimate of drug-likeness (QED) is 0.440. The number of rotatable bonds is 9. The van der Waals surface area contributed by atoms with E-state index < -0.39 is 24.1 Å². The molecule has 4 N–H and O–H groups in total. The van der Waals surface area contributed by atoms with Crippen molar-refractivity contribution >= 4 is 11.9 Å². The summed E-state index contributed by atoms with van der Waals surface area (Å²) >= 11 is 0. The molecule has 0 unspecified atom stereocenters. The van der Waals surface area contributed by atoms with Crippen LogP contribution in [0.15, 0.2) is 53.6 Å². The van der Waals surface area contributed by atoms with Gasteiger partial charge in [0.2, 0.25) is 0 Å². The van der Waals surface area contributed by atoms with Gasteiger partial charge in [-0.2, -0.15) is 0 Å². The Balaban J connectivity index is 0.000000359. The largest absolute Gasteiger partial charge is 0.479 e. The highest BCUT2D eigenvalue weighted by atomic mass is 16.5. The first-order chi connectivity index (χ1) is 13.7. The number of carbonyl (C=O) groups is 2. The molecule has 0 saturated heterocycles. The van der Waals surface area contributed by atoms with Crippen LogP contribution in [0.3, 0.4) is 0 Å². The van der Waals surface area contributed by atoms with E-state index in [9.17, 15) is 9.59 Å². The molecule has 0 spiro atoms. The smallest absolute Gasteiger partial charge is 0.335 e. The van der Waals surface area contributed by atoms with Gasteiger partial charge < -0.3 is 29.7 Å². The molecule has 1 aromatic heterocycles. The van der Waals surface area contributed by atoms with E-state index in [1.807, 2.05) is 55.4 Å². The molecule has 0 aliphatic heterocycles. The first-order valence-electron chi connectivity index (χ1n) is 8.41. The van der Waals surface area contributed by atoms with Crippen molar-refractivity contribution in [3.8, 4) is 5.88 Å². The molecule has 0 aliphatic carbocycles. The molecular weight excluding hydrogens is 384 g/mol. The van der Waals surface area contributed by atoms with Crippen LogP contribution in [0.5, 0.6) is 5.88 Å². The zero-order chi connectivity index (χ0) is 22.0. The first-order valence-corrected chi connectivity index (χ1v) is 8.41. The van der Waals surface area contributed by atoms with Crippen molar-refractivity contribution in [1.29, 1.82) is 0 Å². The Labute approximate surface area is 167 Å². The van der Waals surface area contributed by atoms with E-state index in [-0.39, 0.29) is 6.04 Å². The molecule has 0 aliphatic rings. The maximum atomic E-state index is 9.77. The summed E-state index contributed by atoms with van der Waals surface area (Å²) in [5.74, 6) is -2.32. The average molecular weight is 408 g/mol. The summed E-state index contributed by atoms with van der Waals surface area (Å²) in [5.41, 5.74) is 1.10. The Bertz CT molecular complexity index is 773. The van der Waals surface area contributed by atoms with Gasteiger partial charge in [0, 0.05) is 6.07 Å². The predicted octanol–water partition coefficient (Wildman–Crippen LogP) is 0.920. The number of carboxylic acids is 2. The number of likely N-dealkylation sites (N-methyl/N-ethyl adjacent to an activating group) is 1. The maximum Gasteiger partial charge on any atom is 0.335 e. The lowest BCUT2D eigenvalue weighted by molar-refractivity contribution is -0.165. The van der Waals surface area contributed by atoms with Gasteiger partial charge in [-0.1, -0.05) is 36.4 Å². The minimum Gasteiger partial charge on any atom is -0.479 e. The second-order valence-corrected chi connectivity index (χ2v) is 6.05. The van der Waals surface area contributed by atoms with Crippen molar-refractivity contribution in [2.24, 2.45) is 0 Å². The first kappa shape index (κ1) is 23.8. The molecule has 10 heteroatoms. The third-order valence-corrected chi connectivity index (χ3v) is 3.61. The van der Waals surface area contributed by atoms with E-state index in [0.29, 0.717) is 12.5 Å². The second kappa shape index (κ2) is 11.6. The van der Waals surface area contributed by atoms with Crippen molar-refractivity contribution in [2.45, 2.75) is 24.9 Å². The van der Waals surface area contributed by atoms with Gasteiger partial charge in [-0.05, 0) is 24.8 Å². The van der Waals surface area contributed by atoms with Gasteiger partial charge in [-0.3, -0.25) is 4.90 Å². The number of aromatic nitrogens is 1. The summed E-state index contributed by atoms with van der Waals surface area (Å²) in [6.45, 7) is 4.27. The number of aliphatic carboxylic acids is 2. The van der Waals surface area contributed by atoms with Crippen molar-refractivity contribution in [1.82, 2.24) is 10.1 Å². The topological polar surface area (TPSA) is 154 Å². The van der Waals surface area contributed by atoms with Crippen LogP contribution in [-0.4, -0.2) is 68.7 Å². The van der Waals surface area contributed by atoms with E-state index >= 15 is 0 Å². The average Bonchev–Trinajstić information content (AvgIpc) is 3.15. The number of benzene rings is 1. The Kier molecular flexibility index (Phi) is 9.52. The van der Waals surface area contributed by atoms with E-state index in [4.69, 9.17) is 29.7 Å². The summed E-state index contributed by atoms with van der Waals surface area (Å²) in [6, 6.07) is 11.8. The molecule has 0 radical (unpaired) electrons. The fraction of sp³-hybridized carbons (Fsp3) is 0.316. The molecular formula is C19H24N2O8. The zero-order valence-corrected chi connectivity index (χ0v) is 16.0. The molecule has 2 aromatic rings. The highest BCUT2D eigenvalue weighted by Gasteiger charge is 2.29. The number of carboxylic acid groups (broad SMARTS) is 2. The van der Waals surface area contributed by atoms with Gasteiger partial charge in [-0.25, -0.2) is 9.59 Å². The van der Waals surface area contributed by atoms with Gasteiger partial charge in [-0.15, -0.1) is 6.58 Å². The number of aliphatic hydroxyl groups excluding tert-OH is 2. The van der Waals surface area contributed by atoms with Gasteiger partial charge in [0.05, 0.1) is 6.04 Å². The molecule has 1 aromatic carbocycles. The lowest BCUT2D eigenvalue weighted by Crippen LogP contribution is -2.39. The summed E-state index contributed by atoms with van der Waals surface area (Å²) in [4.78, 5) is 21.5. The highest BCUT2D eigenvalue weighted by molar-refractivity contribution is 5.83. The van der Waals surface area contributed by atoms with E-state index in [1.165, 1.54) is 0 Å². The molecule has 3 atom stereocenters. The third kappa shape index (κ3) is 7.74. The van der Waals surface area contributed by atoms with Crippen LogP contribution in [0.1, 0.15) is 17.4 Å². The van der Waals surface area contributed by atoms with Crippen molar-refractivity contribution < 1.29 is 39.3 Å². The van der Waals surface area contributed by atoms with Crippen molar-refractivity contribution in [3.63, 3.8) is 0 Å². The van der Waals surface area contributed by atoms with E-state index in [0.717, 1.165) is 11.3 Å². The molecule has 10 nitrogen and oxygen atoms in total. The third-order valence-electron chi connectivity index (χ3n) is 3.61. The van der Waals surface area contributed by atoms with Crippen LogP contribution in [0.2, 0.25) is 0 Å². The lowest BCUT2D eigenvalue weighted by atomic mass is 10.2. The molecule has 1 heterocycles. The Morgan fingerprint density at radius 2 is 1.72 bits per heavy atom. The van der Waals surface area contributed by atoms with E-state index in [1.54, 1.807) is 6.07 Å². The normalized spacial score (nSPS) is 13.6. The Hall–Kier alpha value is -3.21. The number of aliphatic hydroxyl groups is 2. The summed E-state index contributed by atoms with van der Waals surface area (Å²) in [5, 5.41) is 36.4. The van der Waals surface area contributed by atoms with Crippen LogP contribution in [-0.2, 0) is 16.2 Å². The number of nitrogens with zero attached hydrogens (tertiary/aromatic N) is 2. The molecule has 2 rings (SSSR count). The molecule has 0 fully saturated rings. The predicted molar refractivity (Wildman–Crippen MR) is 101 cm³/mol. The monoisotopic (exact) mass is 408 g/mol. The number of hydrogen-bond donors (Lipinski definition) is 4. The van der Waals surface area contributed by atoms with Crippen LogP contribution >= 0.6 is 0 Å². The summed E-state index contributed by atoms with van der Waals surface area (Å²) in [7, 11) is 3.92. The fourth-order valence-corrected chi connectivity index (χ4v) is 2.06. The lowest BCUT2D eigenvalue weighted by Gasteiger charge is -2.16.